The molecule has 2 aromatic carbocycles. The highest BCUT2D eigenvalue weighted by Crippen LogP contribution is 2.44. The van der Waals surface area contributed by atoms with Gasteiger partial charge in [-0.1, -0.05) is 48.5 Å². The maximum Gasteiger partial charge on any atom is 0.407 e. The van der Waals surface area contributed by atoms with Gasteiger partial charge in [0.25, 0.3) is 0 Å². The molecular weight excluding hydrogens is 384 g/mol. The summed E-state index contributed by atoms with van der Waals surface area (Å²) in [6.45, 7) is 0.823. The van der Waals surface area contributed by atoms with Gasteiger partial charge in [0.1, 0.15) is 6.61 Å². The molecule has 0 unspecified atom stereocenters. The summed E-state index contributed by atoms with van der Waals surface area (Å²) in [5, 5.41) is 21.6. The van der Waals surface area contributed by atoms with Gasteiger partial charge in [-0.25, -0.2) is 9.59 Å². The van der Waals surface area contributed by atoms with E-state index in [4.69, 9.17) is 9.84 Å². The van der Waals surface area contributed by atoms with Crippen LogP contribution in [-0.2, 0) is 4.74 Å². The highest BCUT2D eigenvalue weighted by atomic mass is 16.5. The number of ether oxygens (including phenoxy) is 1. The molecule has 0 saturated carbocycles. The Bertz CT molecular complexity index is 878. The number of carbonyl (C=O) groups is 2. The molecule has 1 aliphatic carbocycles. The van der Waals surface area contributed by atoms with Crippen LogP contribution in [0, 0.1) is 5.92 Å². The Balaban J connectivity index is 1.36. The van der Waals surface area contributed by atoms with Crippen LogP contribution < -0.4 is 5.32 Å². The van der Waals surface area contributed by atoms with Crippen molar-refractivity contribution < 1.29 is 24.5 Å². The lowest BCUT2D eigenvalue weighted by Crippen LogP contribution is -2.48. The van der Waals surface area contributed by atoms with Gasteiger partial charge in [-0.3, -0.25) is 0 Å². The van der Waals surface area contributed by atoms with Crippen LogP contribution in [0.2, 0.25) is 0 Å². The van der Waals surface area contributed by atoms with E-state index in [0.29, 0.717) is 25.9 Å². The van der Waals surface area contributed by atoms with E-state index >= 15 is 0 Å². The molecule has 7 nitrogen and oxygen atoms in total. The molecular formula is C23H26N2O5. The minimum absolute atomic E-state index is 0.0190. The van der Waals surface area contributed by atoms with E-state index in [1.807, 2.05) is 24.3 Å². The lowest BCUT2D eigenvalue weighted by atomic mass is 9.90. The first-order valence-electron chi connectivity index (χ1n) is 10.3. The fraction of sp³-hybridized carbons (Fsp3) is 0.391. The monoisotopic (exact) mass is 410 g/mol. The number of nitrogens with one attached hydrogen (secondary N) is 1. The van der Waals surface area contributed by atoms with Crippen molar-refractivity contribution in [3.63, 3.8) is 0 Å². The number of rotatable bonds is 5. The number of aliphatic hydroxyl groups excluding tert-OH is 1. The summed E-state index contributed by atoms with van der Waals surface area (Å²) in [5.74, 6) is 0.000569. The number of hydrogen-bond donors (Lipinski definition) is 3. The topological polar surface area (TPSA) is 99.1 Å². The minimum atomic E-state index is -0.932. The summed E-state index contributed by atoms with van der Waals surface area (Å²) >= 11 is 0. The number of nitrogens with zero attached hydrogens (tertiary/aromatic N) is 1. The van der Waals surface area contributed by atoms with E-state index in [2.05, 4.69) is 29.6 Å². The highest BCUT2D eigenvalue weighted by Gasteiger charge is 2.31. The third-order valence-corrected chi connectivity index (χ3v) is 6.22. The third kappa shape index (κ3) is 3.98. The first-order valence-corrected chi connectivity index (χ1v) is 10.3. The number of likely N-dealkylation sites (tertiary alicyclic amines) is 1. The van der Waals surface area contributed by atoms with Crippen LogP contribution in [0.4, 0.5) is 9.59 Å². The quantitative estimate of drug-likeness (QED) is 0.703. The van der Waals surface area contributed by atoms with Gasteiger partial charge < -0.3 is 25.2 Å². The molecule has 0 radical (unpaired) electrons. The Kier molecular flexibility index (Phi) is 5.90. The van der Waals surface area contributed by atoms with Crippen molar-refractivity contribution in [2.75, 3.05) is 26.3 Å². The Hall–Kier alpha value is -3.06. The first kappa shape index (κ1) is 20.2. The number of piperidine rings is 1. The molecule has 3 N–H and O–H groups in total. The van der Waals surface area contributed by atoms with Crippen molar-refractivity contribution in [1.29, 1.82) is 0 Å². The molecule has 0 aromatic heterocycles. The van der Waals surface area contributed by atoms with Gasteiger partial charge in [-0.15, -0.1) is 0 Å². The Morgan fingerprint density at radius 1 is 1.03 bits per heavy atom. The van der Waals surface area contributed by atoms with Gasteiger partial charge >= 0.3 is 12.2 Å². The van der Waals surface area contributed by atoms with E-state index in [9.17, 15) is 14.7 Å². The number of benzene rings is 2. The molecule has 2 amide bonds. The molecule has 0 bridgehead atoms. The fourth-order valence-corrected chi connectivity index (χ4v) is 4.60. The maximum atomic E-state index is 12.5. The van der Waals surface area contributed by atoms with Gasteiger partial charge in [0.15, 0.2) is 0 Å². The molecule has 2 aromatic rings. The Labute approximate surface area is 175 Å². The minimum Gasteiger partial charge on any atom is -0.465 e. The van der Waals surface area contributed by atoms with Crippen LogP contribution in [0.15, 0.2) is 48.5 Å². The molecule has 7 heteroatoms. The fourth-order valence-electron chi connectivity index (χ4n) is 4.60. The van der Waals surface area contributed by atoms with Crippen molar-refractivity contribution in [3.8, 4) is 11.1 Å². The van der Waals surface area contributed by atoms with Crippen LogP contribution in [0.25, 0.3) is 11.1 Å². The smallest absolute Gasteiger partial charge is 0.407 e. The van der Waals surface area contributed by atoms with Gasteiger partial charge in [0.2, 0.25) is 0 Å². The number of hydrogen-bond acceptors (Lipinski definition) is 4. The Morgan fingerprint density at radius 2 is 1.60 bits per heavy atom. The number of fused-ring (bicyclic) bond motifs is 3. The number of carbonyl (C=O) groups excluding carboxylic acids is 1. The van der Waals surface area contributed by atoms with E-state index in [1.54, 1.807) is 0 Å². The summed E-state index contributed by atoms with van der Waals surface area (Å²) in [6.07, 6.45) is -0.294. The van der Waals surface area contributed by atoms with Crippen molar-refractivity contribution in [3.05, 3.63) is 59.7 Å². The largest absolute Gasteiger partial charge is 0.465 e. The second-order valence-corrected chi connectivity index (χ2v) is 7.87. The second-order valence-electron chi connectivity index (χ2n) is 7.87. The third-order valence-electron chi connectivity index (χ3n) is 6.22. The summed E-state index contributed by atoms with van der Waals surface area (Å²) in [5.41, 5.74) is 4.62. The number of amides is 2. The second kappa shape index (κ2) is 8.75. The van der Waals surface area contributed by atoms with E-state index in [0.717, 1.165) is 11.1 Å². The predicted molar refractivity (Wildman–Crippen MR) is 111 cm³/mol. The summed E-state index contributed by atoms with van der Waals surface area (Å²) in [4.78, 5) is 24.9. The molecule has 4 rings (SSSR count). The van der Waals surface area contributed by atoms with Crippen LogP contribution >= 0.6 is 0 Å². The van der Waals surface area contributed by atoms with Gasteiger partial charge in [-0.2, -0.15) is 0 Å². The van der Waals surface area contributed by atoms with Crippen LogP contribution in [0.5, 0.6) is 0 Å². The lowest BCUT2D eigenvalue weighted by Gasteiger charge is -2.34. The van der Waals surface area contributed by atoms with Crippen molar-refractivity contribution in [2.24, 2.45) is 5.92 Å². The summed E-state index contributed by atoms with van der Waals surface area (Å²) in [6, 6.07) is 15.8. The number of alkyl carbamates (subject to hydrolysis) is 1. The van der Waals surface area contributed by atoms with Crippen LogP contribution in [0.1, 0.15) is 29.9 Å². The molecule has 1 fully saturated rings. The van der Waals surface area contributed by atoms with Crippen molar-refractivity contribution >= 4 is 12.2 Å². The van der Waals surface area contributed by atoms with E-state index in [-0.39, 0.29) is 25.0 Å². The molecule has 1 saturated heterocycles. The van der Waals surface area contributed by atoms with Crippen LogP contribution in [0.3, 0.4) is 0 Å². The van der Waals surface area contributed by atoms with Crippen molar-refractivity contribution in [1.82, 2.24) is 10.2 Å². The normalized spacial score (nSPS) is 17.2. The molecule has 1 aliphatic heterocycles. The predicted octanol–water partition coefficient (Wildman–Crippen LogP) is 3.28. The summed E-state index contributed by atoms with van der Waals surface area (Å²) in [7, 11) is 0. The molecule has 1 atom stereocenters. The van der Waals surface area contributed by atoms with E-state index < -0.39 is 18.2 Å². The average Bonchev–Trinajstić information content (AvgIpc) is 3.10. The zero-order valence-electron chi connectivity index (χ0n) is 16.7. The summed E-state index contributed by atoms with van der Waals surface area (Å²) < 4.78 is 5.56. The number of carboxylic acid groups (broad SMARTS) is 1. The standard InChI is InChI=1S/C23H26N2O5/c26-13-21(15-9-11-25(12-10-15)23(28)29)24-22(27)30-14-20-18-7-3-1-5-16(18)17-6-2-4-8-19(17)20/h1-8,15,20-21,26H,9-14H2,(H,24,27)(H,28,29)/t21-/m1/s1. The average molecular weight is 410 g/mol. The van der Waals surface area contributed by atoms with Gasteiger partial charge in [-0.05, 0) is 41.0 Å². The molecule has 0 spiro atoms. The van der Waals surface area contributed by atoms with Gasteiger partial charge in [0.05, 0.1) is 12.6 Å². The maximum absolute atomic E-state index is 12.5. The Morgan fingerprint density at radius 3 is 2.13 bits per heavy atom. The molecule has 30 heavy (non-hydrogen) atoms. The lowest BCUT2D eigenvalue weighted by molar-refractivity contribution is 0.0949. The zero-order valence-corrected chi connectivity index (χ0v) is 16.7. The zero-order chi connectivity index (χ0) is 21.1. The van der Waals surface area contributed by atoms with Crippen molar-refractivity contribution in [2.45, 2.75) is 24.8 Å². The van der Waals surface area contributed by atoms with Crippen LogP contribution in [-0.4, -0.2) is 59.6 Å². The van der Waals surface area contributed by atoms with Gasteiger partial charge in [0, 0.05) is 19.0 Å². The van der Waals surface area contributed by atoms with E-state index in [1.165, 1.54) is 16.0 Å². The molecule has 1 heterocycles. The number of aliphatic hydroxyl groups is 1. The SMILES string of the molecule is O=C(N[C@H](CO)C1CCN(C(=O)O)CC1)OCC1c2ccccc2-c2ccccc21. The molecule has 158 valence electrons. The highest BCUT2D eigenvalue weighted by molar-refractivity contribution is 5.79. The first-order chi connectivity index (χ1) is 14.6. The molecule has 2 aliphatic rings.